The van der Waals surface area contributed by atoms with Crippen LogP contribution in [0.2, 0.25) is 0 Å². The first-order chi connectivity index (χ1) is 15.1. The first-order valence-corrected chi connectivity index (χ1v) is 10.6. The first kappa shape index (κ1) is 23.6. The van der Waals surface area contributed by atoms with E-state index in [1.165, 1.54) is 29.2 Å². The third-order valence-corrected chi connectivity index (χ3v) is 5.80. The second kappa shape index (κ2) is 9.60. The molecule has 0 atom stereocenters. The zero-order valence-electron chi connectivity index (χ0n) is 17.4. The lowest BCUT2D eigenvalue weighted by Gasteiger charge is -2.17. The molecule has 32 heavy (non-hydrogen) atoms. The minimum atomic E-state index is -4.61. The normalized spacial score (nSPS) is 11.7. The number of benzene rings is 1. The van der Waals surface area contributed by atoms with Crippen molar-refractivity contribution in [1.29, 1.82) is 0 Å². The number of aromatic carboxylic acids is 1. The maximum absolute atomic E-state index is 13.1. The van der Waals surface area contributed by atoms with Gasteiger partial charge < -0.3 is 19.3 Å². The minimum Gasteiger partial charge on any atom is -0.493 e. The number of amides is 1. The lowest BCUT2D eigenvalue weighted by molar-refractivity contribution is -0.141. The largest absolute Gasteiger partial charge is 0.493 e. The molecule has 0 saturated carbocycles. The number of rotatable bonds is 9. The summed E-state index contributed by atoms with van der Waals surface area (Å²) in [6.45, 7) is 2.47. The summed E-state index contributed by atoms with van der Waals surface area (Å²) in [5.74, 6) is -0.960. The summed E-state index contributed by atoms with van der Waals surface area (Å²) in [6, 6.07) is 5.63. The fraction of sp³-hybridized carbons (Fsp3) is 0.381. The molecule has 0 unspecified atom stereocenters. The van der Waals surface area contributed by atoms with Crippen molar-refractivity contribution in [2.75, 3.05) is 20.2 Å². The number of aryl methyl sites for hydroxylation is 1. The van der Waals surface area contributed by atoms with Gasteiger partial charge in [-0.2, -0.15) is 13.2 Å². The molecule has 11 heteroatoms. The Labute approximate surface area is 185 Å². The summed E-state index contributed by atoms with van der Waals surface area (Å²) < 4.78 is 50.1. The van der Waals surface area contributed by atoms with Crippen LogP contribution in [-0.4, -0.2) is 47.2 Å². The van der Waals surface area contributed by atoms with Gasteiger partial charge in [0.1, 0.15) is 10.6 Å². The minimum absolute atomic E-state index is 0.0656. The molecule has 3 rings (SSSR count). The number of carbonyl (C=O) groups is 2. The van der Waals surface area contributed by atoms with Gasteiger partial charge in [-0.05, 0) is 37.1 Å². The molecule has 2 aromatic heterocycles. The molecule has 1 aromatic carbocycles. The van der Waals surface area contributed by atoms with E-state index in [1.54, 1.807) is 7.05 Å². The monoisotopic (exact) mass is 470 g/mol. The number of carbonyl (C=O) groups excluding carboxylic acids is 1. The highest BCUT2D eigenvalue weighted by atomic mass is 32.1. The Morgan fingerprint density at radius 2 is 1.94 bits per heavy atom. The smallest absolute Gasteiger partial charge is 0.437 e. The van der Waals surface area contributed by atoms with Crippen molar-refractivity contribution < 1.29 is 37.1 Å². The SMILES string of the molecule is CCCc1c(OCCCN(C)C(=O)c2ccc(C(=O)O)s2)ccc2c(C(F)(F)F)noc12. The second-order valence-corrected chi connectivity index (χ2v) is 8.18. The fourth-order valence-corrected chi connectivity index (χ4v) is 4.05. The van der Waals surface area contributed by atoms with E-state index in [9.17, 15) is 22.8 Å². The predicted octanol–water partition coefficient (Wildman–Crippen LogP) is 5.10. The average Bonchev–Trinajstić information content (AvgIpc) is 3.39. The number of carboxylic acid groups (broad SMARTS) is 1. The zero-order chi connectivity index (χ0) is 23.5. The summed E-state index contributed by atoms with van der Waals surface area (Å²) in [5, 5.41) is 12.1. The summed E-state index contributed by atoms with van der Waals surface area (Å²) in [6.07, 6.45) is -3.01. The lowest BCUT2D eigenvalue weighted by Crippen LogP contribution is -2.28. The molecule has 0 radical (unpaired) electrons. The van der Waals surface area contributed by atoms with Crippen molar-refractivity contribution in [2.45, 2.75) is 32.4 Å². The molecule has 7 nitrogen and oxygen atoms in total. The molecular weight excluding hydrogens is 449 g/mol. The molecule has 0 saturated heterocycles. The molecule has 1 N–H and O–H groups in total. The third kappa shape index (κ3) is 5.04. The van der Waals surface area contributed by atoms with Gasteiger partial charge in [0.05, 0.1) is 16.9 Å². The average molecular weight is 470 g/mol. The number of nitrogens with zero attached hydrogens (tertiary/aromatic N) is 2. The summed E-state index contributed by atoms with van der Waals surface area (Å²) in [5.41, 5.74) is -0.468. The Morgan fingerprint density at radius 1 is 1.22 bits per heavy atom. The summed E-state index contributed by atoms with van der Waals surface area (Å²) >= 11 is 0.907. The number of thiophene rings is 1. The van der Waals surface area contributed by atoms with Crippen LogP contribution in [0.25, 0.3) is 11.0 Å². The molecule has 0 aliphatic carbocycles. The van der Waals surface area contributed by atoms with Crippen LogP contribution < -0.4 is 4.74 Å². The summed E-state index contributed by atoms with van der Waals surface area (Å²) in [7, 11) is 1.60. The van der Waals surface area contributed by atoms with E-state index in [-0.39, 0.29) is 28.4 Å². The van der Waals surface area contributed by atoms with Gasteiger partial charge in [0.2, 0.25) is 0 Å². The van der Waals surface area contributed by atoms with Crippen molar-refractivity contribution in [1.82, 2.24) is 10.1 Å². The number of fused-ring (bicyclic) bond motifs is 1. The summed E-state index contributed by atoms with van der Waals surface area (Å²) in [4.78, 5) is 25.2. The molecule has 0 bridgehead atoms. The molecular formula is C21H21F3N2O5S. The topological polar surface area (TPSA) is 92.9 Å². The molecule has 0 spiro atoms. The number of carboxylic acids is 1. The van der Waals surface area contributed by atoms with E-state index < -0.39 is 17.8 Å². The zero-order valence-corrected chi connectivity index (χ0v) is 18.2. The number of halogens is 3. The molecule has 2 heterocycles. The Hall–Kier alpha value is -3.08. The van der Waals surface area contributed by atoms with Crippen molar-refractivity contribution in [3.8, 4) is 5.75 Å². The van der Waals surface area contributed by atoms with Gasteiger partial charge >= 0.3 is 12.1 Å². The Balaban J connectivity index is 1.63. The Morgan fingerprint density at radius 3 is 2.56 bits per heavy atom. The number of hydrogen-bond donors (Lipinski definition) is 1. The van der Waals surface area contributed by atoms with Gasteiger partial charge in [-0.1, -0.05) is 18.5 Å². The Kier molecular flexibility index (Phi) is 7.07. The van der Waals surface area contributed by atoms with Crippen molar-refractivity contribution >= 4 is 34.2 Å². The van der Waals surface area contributed by atoms with Crippen molar-refractivity contribution in [3.05, 3.63) is 45.3 Å². The van der Waals surface area contributed by atoms with Crippen LogP contribution in [0.5, 0.6) is 5.75 Å². The fourth-order valence-electron chi connectivity index (χ4n) is 3.21. The number of aromatic nitrogens is 1. The van der Waals surface area contributed by atoms with Crippen LogP contribution in [0.1, 0.15) is 50.4 Å². The van der Waals surface area contributed by atoms with Gasteiger partial charge in [0.15, 0.2) is 11.3 Å². The van der Waals surface area contributed by atoms with Gasteiger partial charge in [-0.25, -0.2) is 4.79 Å². The predicted molar refractivity (Wildman–Crippen MR) is 111 cm³/mol. The molecule has 1 amide bonds. The van der Waals surface area contributed by atoms with E-state index in [1.807, 2.05) is 6.92 Å². The van der Waals surface area contributed by atoms with Crippen LogP contribution in [0.3, 0.4) is 0 Å². The van der Waals surface area contributed by atoms with Crippen LogP contribution in [-0.2, 0) is 12.6 Å². The van der Waals surface area contributed by atoms with Crippen molar-refractivity contribution in [3.63, 3.8) is 0 Å². The maximum Gasteiger partial charge on any atom is 0.437 e. The van der Waals surface area contributed by atoms with Crippen LogP contribution in [0.15, 0.2) is 28.8 Å². The van der Waals surface area contributed by atoms with Crippen LogP contribution in [0, 0.1) is 0 Å². The maximum atomic E-state index is 13.1. The number of ether oxygens (including phenoxy) is 1. The Bertz CT molecular complexity index is 1120. The third-order valence-electron chi connectivity index (χ3n) is 4.74. The molecule has 0 fully saturated rings. The molecule has 3 aromatic rings. The van der Waals surface area contributed by atoms with Crippen LogP contribution in [0.4, 0.5) is 13.2 Å². The van der Waals surface area contributed by atoms with Gasteiger partial charge in [0, 0.05) is 19.2 Å². The van der Waals surface area contributed by atoms with Gasteiger partial charge in [-0.15, -0.1) is 11.3 Å². The number of hydrogen-bond acceptors (Lipinski definition) is 6. The molecule has 0 aliphatic rings. The van der Waals surface area contributed by atoms with E-state index >= 15 is 0 Å². The van der Waals surface area contributed by atoms with Gasteiger partial charge in [0.25, 0.3) is 5.91 Å². The van der Waals surface area contributed by atoms with Crippen molar-refractivity contribution in [2.24, 2.45) is 0 Å². The highest BCUT2D eigenvalue weighted by molar-refractivity contribution is 7.15. The molecule has 172 valence electrons. The highest BCUT2D eigenvalue weighted by Gasteiger charge is 2.37. The van der Waals surface area contributed by atoms with E-state index in [4.69, 9.17) is 14.4 Å². The quantitative estimate of drug-likeness (QED) is 0.438. The van der Waals surface area contributed by atoms with E-state index in [0.717, 1.165) is 11.3 Å². The number of alkyl halides is 3. The van der Waals surface area contributed by atoms with Gasteiger partial charge in [-0.3, -0.25) is 4.79 Å². The first-order valence-electron chi connectivity index (χ1n) is 9.83. The highest BCUT2D eigenvalue weighted by Crippen LogP contribution is 2.38. The van der Waals surface area contributed by atoms with E-state index in [2.05, 4.69) is 5.16 Å². The second-order valence-electron chi connectivity index (χ2n) is 7.10. The lowest BCUT2D eigenvalue weighted by atomic mass is 10.0. The van der Waals surface area contributed by atoms with E-state index in [0.29, 0.717) is 42.0 Å². The van der Waals surface area contributed by atoms with Crippen LogP contribution >= 0.6 is 11.3 Å². The standard InChI is InChI=1S/C21H21F3N2O5S/c1-3-5-12-14(7-6-13-17(12)31-25-18(13)21(22,23)24)30-11-4-10-26(2)19(27)15-8-9-16(32-15)20(28)29/h6-9H,3-5,10-11H2,1-2H3,(H,28,29). The molecule has 0 aliphatic heterocycles.